The van der Waals surface area contributed by atoms with E-state index in [0.29, 0.717) is 17.5 Å². The second kappa shape index (κ2) is 9.33. The molecule has 0 aliphatic heterocycles. The lowest BCUT2D eigenvalue weighted by Crippen LogP contribution is -2.00. The minimum atomic E-state index is 0.639. The monoisotopic (exact) mass is 549 g/mol. The summed E-state index contributed by atoms with van der Waals surface area (Å²) in [5.41, 5.74) is 4.68. The standard InChI is InChI=1S/C39H23N3O/c1-2-12-25(13-3-1)37-40-38(42-39(41-37)31-19-10-14-24-11-4-5-15-27(24)31)26-21-22-29-33(23-26)28-16-6-7-17-30(28)36-35(29)32-18-8-9-20-34(32)43-36/h1-23H. The molecular formula is C39H23N3O. The van der Waals surface area contributed by atoms with E-state index in [0.717, 1.165) is 70.9 Å². The van der Waals surface area contributed by atoms with Gasteiger partial charge >= 0.3 is 0 Å². The van der Waals surface area contributed by atoms with Crippen molar-refractivity contribution in [2.45, 2.75) is 0 Å². The number of hydrogen-bond donors (Lipinski definition) is 0. The highest BCUT2D eigenvalue weighted by Gasteiger charge is 2.18. The average molecular weight is 550 g/mol. The molecule has 0 amide bonds. The summed E-state index contributed by atoms with van der Waals surface area (Å²) in [5.74, 6) is 1.94. The number of fused-ring (bicyclic) bond motifs is 9. The topological polar surface area (TPSA) is 51.8 Å². The van der Waals surface area contributed by atoms with Gasteiger partial charge in [0.05, 0.1) is 0 Å². The molecule has 200 valence electrons. The van der Waals surface area contributed by atoms with Crippen molar-refractivity contribution in [1.82, 2.24) is 15.0 Å². The minimum Gasteiger partial charge on any atom is -0.455 e. The molecule has 4 nitrogen and oxygen atoms in total. The second-order valence-electron chi connectivity index (χ2n) is 10.8. The van der Waals surface area contributed by atoms with Crippen molar-refractivity contribution in [3.05, 3.63) is 140 Å². The van der Waals surface area contributed by atoms with Gasteiger partial charge in [0.15, 0.2) is 17.5 Å². The summed E-state index contributed by atoms with van der Waals surface area (Å²) in [6.07, 6.45) is 0. The van der Waals surface area contributed by atoms with Crippen molar-refractivity contribution in [2.75, 3.05) is 0 Å². The lowest BCUT2D eigenvalue weighted by molar-refractivity contribution is 0.673. The molecule has 0 bridgehead atoms. The van der Waals surface area contributed by atoms with Crippen LogP contribution in [0.25, 0.3) is 88.4 Å². The first kappa shape index (κ1) is 23.8. The summed E-state index contributed by atoms with van der Waals surface area (Å²) < 4.78 is 6.42. The zero-order chi connectivity index (χ0) is 28.3. The molecule has 0 saturated heterocycles. The molecule has 7 aromatic carbocycles. The van der Waals surface area contributed by atoms with E-state index in [1.165, 1.54) is 0 Å². The summed E-state index contributed by atoms with van der Waals surface area (Å²) >= 11 is 0. The summed E-state index contributed by atoms with van der Waals surface area (Å²) in [6.45, 7) is 0. The van der Waals surface area contributed by atoms with Crippen LogP contribution in [0.4, 0.5) is 0 Å². The Morgan fingerprint density at radius 2 is 1.05 bits per heavy atom. The number of furan rings is 1. The van der Waals surface area contributed by atoms with Gasteiger partial charge in [0.1, 0.15) is 11.2 Å². The predicted molar refractivity (Wildman–Crippen MR) is 176 cm³/mol. The van der Waals surface area contributed by atoms with Gasteiger partial charge in [-0.05, 0) is 39.1 Å². The normalized spacial score (nSPS) is 11.7. The molecule has 0 atom stereocenters. The summed E-state index contributed by atoms with van der Waals surface area (Å²) in [5, 5.41) is 9.03. The Balaban J connectivity index is 1.34. The van der Waals surface area contributed by atoms with Crippen molar-refractivity contribution >= 4 is 54.3 Å². The van der Waals surface area contributed by atoms with Gasteiger partial charge in [-0.3, -0.25) is 0 Å². The molecule has 0 N–H and O–H groups in total. The third kappa shape index (κ3) is 3.74. The minimum absolute atomic E-state index is 0.639. The SMILES string of the molecule is c1ccc(-c2nc(-c3ccc4c(c3)c3ccccc3c3oc5ccccc5c43)nc(-c3cccc4ccccc34)n2)cc1. The van der Waals surface area contributed by atoms with E-state index >= 15 is 0 Å². The molecule has 2 heterocycles. The van der Waals surface area contributed by atoms with Crippen molar-refractivity contribution in [1.29, 1.82) is 0 Å². The highest BCUT2D eigenvalue weighted by molar-refractivity contribution is 6.30. The number of rotatable bonds is 3. The van der Waals surface area contributed by atoms with Crippen LogP contribution in [0.2, 0.25) is 0 Å². The van der Waals surface area contributed by atoms with E-state index in [1.807, 2.05) is 42.5 Å². The van der Waals surface area contributed by atoms with Crippen molar-refractivity contribution in [3.63, 3.8) is 0 Å². The Morgan fingerprint density at radius 3 is 1.91 bits per heavy atom. The lowest BCUT2D eigenvalue weighted by Gasteiger charge is -2.12. The number of nitrogens with zero attached hydrogens (tertiary/aromatic N) is 3. The van der Waals surface area contributed by atoms with Crippen LogP contribution in [-0.2, 0) is 0 Å². The quantitative estimate of drug-likeness (QED) is 0.206. The fourth-order valence-corrected chi connectivity index (χ4v) is 6.30. The molecule has 0 unspecified atom stereocenters. The van der Waals surface area contributed by atoms with Gasteiger partial charge in [-0.1, -0.05) is 127 Å². The van der Waals surface area contributed by atoms with Gasteiger partial charge in [-0.25, -0.2) is 15.0 Å². The van der Waals surface area contributed by atoms with Crippen LogP contribution in [0, 0.1) is 0 Å². The number of hydrogen-bond acceptors (Lipinski definition) is 4. The Hall–Kier alpha value is -5.87. The van der Waals surface area contributed by atoms with Crippen LogP contribution >= 0.6 is 0 Å². The van der Waals surface area contributed by atoms with Crippen LogP contribution in [-0.4, -0.2) is 15.0 Å². The van der Waals surface area contributed by atoms with Gasteiger partial charge < -0.3 is 4.42 Å². The van der Waals surface area contributed by atoms with Gasteiger partial charge in [0, 0.05) is 32.8 Å². The molecule has 9 rings (SSSR count). The average Bonchev–Trinajstić information content (AvgIpc) is 3.48. The molecule has 9 aromatic rings. The Bertz CT molecular complexity index is 2510. The molecular weight excluding hydrogens is 526 g/mol. The Labute approximate surface area is 246 Å². The molecule has 0 spiro atoms. The maximum absolute atomic E-state index is 6.42. The Kier molecular flexibility index (Phi) is 5.16. The molecule has 43 heavy (non-hydrogen) atoms. The van der Waals surface area contributed by atoms with Crippen LogP contribution in [0.3, 0.4) is 0 Å². The van der Waals surface area contributed by atoms with E-state index in [-0.39, 0.29) is 0 Å². The third-order valence-electron chi connectivity index (χ3n) is 8.30. The Morgan fingerprint density at radius 1 is 0.395 bits per heavy atom. The first-order chi connectivity index (χ1) is 21.3. The van der Waals surface area contributed by atoms with E-state index < -0.39 is 0 Å². The summed E-state index contributed by atoms with van der Waals surface area (Å²) in [4.78, 5) is 15.1. The fraction of sp³-hybridized carbons (Fsp3) is 0. The lowest BCUT2D eigenvalue weighted by atomic mass is 9.95. The fourth-order valence-electron chi connectivity index (χ4n) is 6.30. The predicted octanol–water partition coefficient (Wildman–Crippen LogP) is 10.2. The maximum Gasteiger partial charge on any atom is 0.164 e. The molecule has 0 saturated carbocycles. The van der Waals surface area contributed by atoms with Crippen LogP contribution in [0.5, 0.6) is 0 Å². The summed E-state index contributed by atoms with van der Waals surface area (Å²) in [7, 11) is 0. The zero-order valence-corrected chi connectivity index (χ0v) is 23.0. The smallest absolute Gasteiger partial charge is 0.164 e. The summed E-state index contributed by atoms with van der Waals surface area (Å²) in [6, 6.07) is 48.0. The van der Waals surface area contributed by atoms with Crippen molar-refractivity contribution in [2.24, 2.45) is 0 Å². The van der Waals surface area contributed by atoms with Crippen molar-refractivity contribution in [3.8, 4) is 34.2 Å². The highest BCUT2D eigenvalue weighted by Crippen LogP contribution is 2.42. The number of para-hydroxylation sites is 1. The zero-order valence-electron chi connectivity index (χ0n) is 23.0. The van der Waals surface area contributed by atoms with Crippen LogP contribution < -0.4 is 0 Å². The van der Waals surface area contributed by atoms with E-state index in [1.54, 1.807) is 0 Å². The van der Waals surface area contributed by atoms with Gasteiger partial charge in [0.25, 0.3) is 0 Å². The van der Waals surface area contributed by atoms with E-state index in [9.17, 15) is 0 Å². The first-order valence-corrected chi connectivity index (χ1v) is 14.4. The number of aromatic nitrogens is 3. The van der Waals surface area contributed by atoms with Crippen LogP contribution in [0.1, 0.15) is 0 Å². The molecule has 0 radical (unpaired) electrons. The second-order valence-corrected chi connectivity index (χ2v) is 10.8. The highest BCUT2D eigenvalue weighted by atomic mass is 16.3. The van der Waals surface area contributed by atoms with E-state index in [2.05, 4.69) is 97.1 Å². The first-order valence-electron chi connectivity index (χ1n) is 14.4. The maximum atomic E-state index is 6.42. The van der Waals surface area contributed by atoms with Crippen LogP contribution in [0.15, 0.2) is 144 Å². The molecule has 4 heteroatoms. The van der Waals surface area contributed by atoms with Gasteiger partial charge in [-0.15, -0.1) is 0 Å². The molecule has 0 fully saturated rings. The molecule has 0 aliphatic carbocycles. The number of benzene rings is 7. The van der Waals surface area contributed by atoms with Gasteiger partial charge in [0.2, 0.25) is 0 Å². The van der Waals surface area contributed by atoms with Crippen molar-refractivity contribution < 1.29 is 4.42 Å². The molecule has 0 aliphatic rings. The van der Waals surface area contributed by atoms with Gasteiger partial charge in [-0.2, -0.15) is 0 Å². The van der Waals surface area contributed by atoms with E-state index in [4.69, 9.17) is 19.4 Å². The third-order valence-corrected chi connectivity index (χ3v) is 8.30. The molecule has 2 aromatic heterocycles. The largest absolute Gasteiger partial charge is 0.455 e.